The Morgan fingerprint density at radius 2 is 1.88 bits per heavy atom. The van der Waals surface area contributed by atoms with Crippen molar-refractivity contribution < 1.29 is 9.59 Å². The maximum Gasteiger partial charge on any atom is 0.269 e. The van der Waals surface area contributed by atoms with Crippen molar-refractivity contribution in [1.82, 2.24) is 20.8 Å². The average molecular weight is 372 g/mol. The maximum absolute atomic E-state index is 12.0. The summed E-state index contributed by atoms with van der Waals surface area (Å²) < 4.78 is 0. The molecular formula is C17H16N4O2S2. The molecule has 0 saturated carbocycles. The predicted octanol–water partition coefficient (Wildman–Crippen LogP) is 2.86. The Morgan fingerprint density at radius 1 is 1.12 bits per heavy atom. The molecule has 0 spiro atoms. The minimum Gasteiger partial charge on any atom is -0.272 e. The van der Waals surface area contributed by atoms with Crippen molar-refractivity contribution in [1.29, 1.82) is 0 Å². The molecule has 2 N–H and O–H groups in total. The average Bonchev–Trinajstić information content (AvgIpc) is 2.93. The molecule has 2 heterocycles. The van der Waals surface area contributed by atoms with E-state index in [0.717, 1.165) is 20.8 Å². The first-order valence-corrected chi connectivity index (χ1v) is 9.34. The van der Waals surface area contributed by atoms with Crippen LogP contribution in [0.3, 0.4) is 0 Å². The summed E-state index contributed by atoms with van der Waals surface area (Å²) in [6.07, 6.45) is 1.51. The quantitative estimate of drug-likeness (QED) is 0.418. The summed E-state index contributed by atoms with van der Waals surface area (Å²) in [6.45, 7) is 4.07. The number of nitrogens with one attached hydrogen (secondary N) is 2. The Balaban J connectivity index is 1.59. The second-order valence-electron chi connectivity index (χ2n) is 5.30. The molecule has 2 amide bonds. The van der Waals surface area contributed by atoms with Gasteiger partial charge in [-0.2, -0.15) is 0 Å². The highest BCUT2D eigenvalue weighted by Gasteiger charge is 2.14. The largest absolute Gasteiger partial charge is 0.272 e. The van der Waals surface area contributed by atoms with Crippen LogP contribution in [0.15, 0.2) is 41.7 Å². The van der Waals surface area contributed by atoms with Crippen LogP contribution in [0.2, 0.25) is 0 Å². The molecule has 128 valence electrons. The molecule has 6 nitrogen and oxygen atoms in total. The van der Waals surface area contributed by atoms with Crippen LogP contribution in [0.4, 0.5) is 0 Å². The summed E-state index contributed by atoms with van der Waals surface area (Å²) in [5.74, 6) is -0.506. The zero-order valence-electron chi connectivity index (χ0n) is 13.7. The zero-order valence-corrected chi connectivity index (χ0v) is 15.3. The van der Waals surface area contributed by atoms with Crippen LogP contribution in [0, 0.1) is 13.8 Å². The van der Waals surface area contributed by atoms with E-state index in [0.29, 0.717) is 5.56 Å². The molecule has 0 aliphatic heterocycles. The lowest BCUT2D eigenvalue weighted by Gasteiger charge is -2.07. The highest BCUT2D eigenvalue weighted by atomic mass is 32.2. The molecule has 0 aliphatic rings. The van der Waals surface area contributed by atoms with E-state index >= 15 is 0 Å². The fraction of sp³-hybridized carbons (Fsp3) is 0.176. The standard InChI is InChI=1S/C17H16N4O2S2/c1-10-11(2)25-17-14(10)16(18-9-19-17)24-8-13(22)20-21-15(23)12-6-4-3-5-7-12/h3-7,9H,8H2,1-2H3,(H,20,22)(H,21,23). The summed E-state index contributed by atoms with van der Waals surface area (Å²) in [4.78, 5) is 34.6. The van der Waals surface area contributed by atoms with Gasteiger partial charge in [-0.1, -0.05) is 30.0 Å². The first-order chi connectivity index (χ1) is 12.1. The molecule has 2 aromatic heterocycles. The van der Waals surface area contributed by atoms with E-state index in [1.54, 1.807) is 35.6 Å². The fourth-order valence-corrected chi connectivity index (χ4v) is 4.13. The van der Waals surface area contributed by atoms with Crippen LogP contribution in [-0.4, -0.2) is 27.5 Å². The predicted molar refractivity (Wildman–Crippen MR) is 99.7 cm³/mol. The van der Waals surface area contributed by atoms with Gasteiger partial charge in [-0.3, -0.25) is 20.4 Å². The van der Waals surface area contributed by atoms with Gasteiger partial charge in [-0.05, 0) is 31.5 Å². The van der Waals surface area contributed by atoms with Crippen LogP contribution in [0.5, 0.6) is 0 Å². The van der Waals surface area contributed by atoms with Crippen molar-refractivity contribution in [3.05, 3.63) is 52.7 Å². The molecule has 3 rings (SSSR count). The first-order valence-electron chi connectivity index (χ1n) is 7.54. The number of thiophene rings is 1. The molecule has 0 aliphatic carbocycles. The van der Waals surface area contributed by atoms with Gasteiger partial charge in [0.25, 0.3) is 5.91 Å². The molecule has 0 fully saturated rings. The first kappa shape index (κ1) is 17.4. The smallest absolute Gasteiger partial charge is 0.269 e. The lowest BCUT2D eigenvalue weighted by Crippen LogP contribution is -2.42. The second-order valence-corrected chi connectivity index (χ2v) is 7.47. The number of benzene rings is 1. The summed E-state index contributed by atoms with van der Waals surface area (Å²) in [6, 6.07) is 8.70. The van der Waals surface area contributed by atoms with Crippen LogP contribution < -0.4 is 10.9 Å². The van der Waals surface area contributed by atoms with Crippen LogP contribution >= 0.6 is 23.1 Å². The van der Waals surface area contributed by atoms with Gasteiger partial charge in [0.1, 0.15) is 16.2 Å². The van der Waals surface area contributed by atoms with E-state index in [-0.39, 0.29) is 17.6 Å². The third-order valence-corrected chi connectivity index (χ3v) is 5.73. The van der Waals surface area contributed by atoms with Crippen molar-refractivity contribution in [2.75, 3.05) is 5.75 Å². The number of nitrogens with zero attached hydrogens (tertiary/aromatic N) is 2. The van der Waals surface area contributed by atoms with Crippen molar-refractivity contribution >= 4 is 45.1 Å². The number of hydrazine groups is 1. The van der Waals surface area contributed by atoms with Gasteiger partial charge in [0.05, 0.1) is 5.75 Å². The van der Waals surface area contributed by atoms with Gasteiger partial charge in [0, 0.05) is 15.8 Å². The Kier molecular flexibility index (Phi) is 5.30. The van der Waals surface area contributed by atoms with Gasteiger partial charge in [-0.25, -0.2) is 9.97 Å². The van der Waals surface area contributed by atoms with E-state index in [4.69, 9.17) is 0 Å². The Morgan fingerprint density at radius 3 is 2.64 bits per heavy atom. The lowest BCUT2D eigenvalue weighted by molar-refractivity contribution is -0.119. The topological polar surface area (TPSA) is 84.0 Å². The maximum atomic E-state index is 12.0. The van der Waals surface area contributed by atoms with Crippen molar-refractivity contribution in [2.24, 2.45) is 0 Å². The molecule has 0 unspecified atom stereocenters. The number of aromatic nitrogens is 2. The molecule has 0 bridgehead atoms. The summed E-state index contributed by atoms with van der Waals surface area (Å²) in [7, 11) is 0. The van der Waals surface area contributed by atoms with Crippen LogP contribution in [0.25, 0.3) is 10.2 Å². The van der Waals surface area contributed by atoms with E-state index < -0.39 is 0 Å². The van der Waals surface area contributed by atoms with Gasteiger partial charge >= 0.3 is 0 Å². The fourth-order valence-electron chi connectivity index (χ4n) is 2.22. The van der Waals surface area contributed by atoms with E-state index in [1.807, 2.05) is 19.9 Å². The molecule has 1 aromatic carbocycles. The van der Waals surface area contributed by atoms with E-state index in [1.165, 1.54) is 23.0 Å². The summed E-state index contributed by atoms with van der Waals surface area (Å²) >= 11 is 2.94. The van der Waals surface area contributed by atoms with Crippen molar-refractivity contribution in [3.63, 3.8) is 0 Å². The number of thioether (sulfide) groups is 1. The number of fused-ring (bicyclic) bond motifs is 1. The number of carbonyl (C=O) groups excluding carboxylic acids is 2. The number of amides is 2. The Labute approximate surface area is 153 Å². The van der Waals surface area contributed by atoms with Crippen molar-refractivity contribution in [2.45, 2.75) is 18.9 Å². The molecule has 3 aromatic rings. The highest BCUT2D eigenvalue weighted by Crippen LogP contribution is 2.34. The molecule has 0 radical (unpaired) electrons. The molecular weight excluding hydrogens is 356 g/mol. The molecule has 0 atom stereocenters. The number of hydrogen-bond acceptors (Lipinski definition) is 6. The summed E-state index contributed by atoms with van der Waals surface area (Å²) in [5.41, 5.74) is 6.45. The van der Waals surface area contributed by atoms with Gasteiger partial charge in [-0.15, -0.1) is 11.3 Å². The molecule has 8 heteroatoms. The molecule has 25 heavy (non-hydrogen) atoms. The Hall–Kier alpha value is -2.45. The second kappa shape index (κ2) is 7.62. The van der Waals surface area contributed by atoms with Gasteiger partial charge < -0.3 is 0 Å². The van der Waals surface area contributed by atoms with E-state index in [9.17, 15) is 9.59 Å². The van der Waals surface area contributed by atoms with E-state index in [2.05, 4.69) is 20.8 Å². The SMILES string of the molecule is Cc1sc2ncnc(SCC(=O)NNC(=O)c3ccccc3)c2c1C. The molecule has 0 saturated heterocycles. The third-order valence-electron chi connectivity index (χ3n) is 3.62. The van der Waals surface area contributed by atoms with Crippen LogP contribution in [-0.2, 0) is 4.79 Å². The minimum absolute atomic E-state index is 0.148. The summed E-state index contributed by atoms with van der Waals surface area (Å²) in [5, 5.41) is 1.77. The minimum atomic E-state index is -0.354. The third kappa shape index (κ3) is 3.97. The number of carbonyl (C=O) groups is 2. The van der Waals surface area contributed by atoms with Crippen molar-refractivity contribution in [3.8, 4) is 0 Å². The van der Waals surface area contributed by atoms with Crippen LogP contribution in [0.1, 0.15) is 20.8 Å². The Bertz CT molecular complexity index is 925. The number of aryl methyl sites for hydroxylation is 2. The highest BCUT2D eigenvalue weighted by molar-refractivity contribution is 8.00. The monoisotopic (exact) mass is 372 g/mol. The lowest BCUT2D eigenvalue weighted by atomic mass is 10.2. The normalized spacial score (nSPS) is 10.6. The zero-order chi connectivity index (χ0) is 17.8. The number of hydrogen-bond donors (Lipinski definition) is 2. The van der Waals surface area contributed by atoms with Gasteiger partial charge in [0.15, 0.2) is 0 Å². The van der Waals surface area contributed by atoms with Gasteiger partial charge in [0.2, 0.25) is 5.91 Å². The number of rotatable bonds is 4.